The molecule has 0 aromatic heterocycles. The third-order valence-corrected chi connectivity index (χ3v) is 4.10. The Balaban J connectivity index is 4.47. The maximum atomic E-state index is 11.8. The lowest BCUT2D eigenvalue weighted by atomic mass is 10.5. The van der Waals surface area contributed by atoms with Crippen LogP contribution >= 0.6 is 19.2 Å². The van der Waals surface area contributed by atoms with Gasteiger partial charge in [0.2, 0.25) is 0 Å². The molecule has 13 heavy (non-hydrogen) atoms. The van der Waals surface area contributed by atoms with Crippen LogP contribution in [0, 0.1) is 0 Å². The summed E-state index contributed by atoms with van der Waals surface area (Å²) in [6.45, 7) is 5.33. The van der Waals surface area contributed by atoms with Gasteiger partial charge in [-0.3, -0.25) is 4.57 Å². The number of aliphatic hydroxyl groups is 1. The van der Waals surface area contributed by atoms with E-state index in [1.54, 1.807) is 13.8 Å². The summed E-state index contributed by atoms with van der Waals surface area (Å²) in [6.07, 6.45) is 0. The third-order valence-electron chi connectivity index (χ3n) is 1.35. The van der Waals surface area contributed by atoms with Gasteiger partial charge in [-0.15, -0.1) is 11.6 Å². The van der Waals surface area contributed by atoms with Crippen molar-refractivity contribution < 1.29 is 18.7 Å². The fourth-order valence-electron chi connectivity index (χ4n) is 0.801. The highest BCUT2D eigenvalue weighted by Gasteiger charge is 2.37. The number of hydrogen-bond acceptors (Lipinski definition) is 4. The Bertz CT molecular complexity index is 175. The lowest BCUT2D eigenvalue weighted by molar-refractivity contribution is 0.148. The summed E-state index contributed by atoms with van der Waals surface area (Å²) in [5.41, 5.74) is 0. The Morgan fingerprint density at radius 2 is 1.77 bits per heavy atom. The zero-order chi connectivity index (χ0) is 10.5. The van der Waals surface area contributed by atoms with Gasteiger partial charge in [0, 0.05) is 0 Å². The molecule has 80 valence electrons. The van der Waals surface area contributed by atoms with Crippen LogP contribution < -0.4 is 0 Å². The summed E-state index contributed by atoms with van der Waals surface area (Å²) >= 11 is 5.60. The van der Waals surface area contributed by atoms with Crippen LogP contribution in [0.15, 0.2) is 0 Å². The molecule has 0 fully saturated rings. The molecule has 0 saturated carbocycles. The van der Waals surface area contributed by atoms with Gasteiger partial charge >= 0.3 is 7.60 Å². The van der Waals surface area contributed by atoms with Crippen molar-refractivity contribution in [2.45, 2.75) is 32.0 Å². The van der Waals surface area contributed by atoms with E-state index in [9.17, 15) is 9.67 Å². The summed E-state index contributed by atoms with van der Waals surface area (Å²) in [4.78, 5) is 0. The molecule has 0 aliphatic heterocycles. The molecule has 0 amide bonds. The maximum Gasteiger partial charge on any atom is 0.360 e. The SMILES string of the molecule is CCOP(=O)(OCC)C(O)C(C)Cl. The van der Waals surface area contributed by atoms with Gasteiger partial charge in [-0.05, 0) is 20.8 Å². The number of rotatable bonds is 6. The van der Waals surface area contributed by atoms with Crippen molar-refractivity contribution in [3.63, 3.8) is 0 Å². The van der Waals surface area contributed by atoms with Crippen LogP contribution in [0.5, 0.6) is 0 Å². The maximum absolute atomic E-state index is 11.8. The predicted octanol–water partition coefficient (Wildman–Crippen LogP) is 2.20. The van der Waals surface area contributed by atoms with Crippen LogP contribution in [0.3, 0.4) is 0 Å². The summed E-state index contributed by atoms with van der Waals surface area (Å²) in [5, 5.41) is 8.80. The number of halogens is 1. The second kappa shape index (κ2) is 5.99. The average molecular weight is 231 g/mol. The fourth-order valence-corrected chi connectivity index (χ4v) is 2.82. The van der Waals surface area contributed by atoms with E-state index in [0.717, 1.165) is 0 Å². The minimum absolute atomic E-state index is 0.220. The van der Waals surface area contributed by atoms with E-state index in [2.05, 4.69) is 0 Å². The molecule has 0 bridgehead atoms. The lowest BCUT2D eigenvalue weighted by Gasteiger charge is -2.23. The Morgan fingerprint density at radius 1 is 1.38 bits per heavy atom. The Hall–Kier alpha value is 0.400. The summed E-state index contributed by atoms with van der Waals surface area (Å²) < 4.78 is 21.6. The first-order valence-corrected chi connectivity index (χ1v) is 6.23. The van der Waals surface area contributed by atoms with Gasteiger partial charge < -0.3 is 14.2 Å². The van der Waals surface area contributed by atoms with Crippen molar-refractivity contribution in [2.24, 2.45) is 0 Å². The zero-order valence-electron chi connectivity index (χ0n) is 8.07. The quantitative estimate of drug-likeness (QED) is 0.561. The zero-order valence-corrected chi connectivity index (χ0v) is 9.72. The van der Waals surface area contributed by atoms with Gasteiger partial charge in [0.1, 0.15) is 0 Å². The first-order chi connectivity index (χ1) is 5.98. The van der Waals surface area contributed by atoms with Gasteiger partial charge in [-0.2, -0.15) is 0 Å². The van der Waals surface area contributed by atoms with Crippen molar-refractivity contribution in [3.05, 3.63) is 0 Å². The molecule has 0 aromatic carbocycles. The predicted molar refractivity (Wildman–Crippen MR) is 52.2 cm³/mol. The number of aliphatic hydroxyl groups excluding tert-OH is 1. The molecule has 1 N–H and O–H groups in total. The monoisotopic (exact) mass is 230 g/mol. The molecule has 0 aliphatic rings. The van der Waals surface area contributed by atoms with Crippen molar-refractivity contribution in [1.29, 1.82) is 0 Å². The molecule has 0 aromatic rings. The van der Waals surface area contributed by atoms with Crippen LogP contribution in [-0.2, 0) is 13.6 Å². The van der Waals surface area contributed by atoms with E-state index < -0.39 is 18.8 Å². The first kappa shape index (κ1) is 13.4. The average Bonchev–Trinajstić information content (AvgIpc) is 2.03. The second-order valence-electron chi connectivity index (χ2n) is 2.47. The van der Waals surface area contributed by atoms with Gasteiger partial charge in [0.25, 0.3) is 0 Å². The molecule has 0 spiro atoms. The van der Waals surface area contributed by atoms with E-state index in [4.69, 9.17) is 20.6 Å². The van der Waals surface area contributed by atoms with E-state index >= 15 is 0 Å². The highest BCUT2D eigenvalue weighted by atomic mass is 35.5. The highest BCUT2D eigenvalue weighted by molar-refractivity contribution is 7.54. The normalized spacial score (nSPS) is 17.0. The molecular weight excluding hydrogens is 214 g/mol. The second-order valence-corrected chi connectivity index (χ2v) is 5.28. The van der Waals surface area contributed by atoms with Gasteiger partial charge in [-0.1, -0.05) is 0 Å². The number of alkyl halides is 1. The Labute approximate surface area is 83.7 Å². The molecule has 0 radical (unpaired) electrons. The van der Waals surface area contributed by atoms with Crippen LogP contribution in [0.25, 0.3) is 0 Å². The first-order valence-electron chi connectivity index (χ1n) is 4.18. The van der Waals surface area contributed by atoms with Crippen molar-refractivity contribution in [3.8, 4) is 0 Å². The van der Waals surface area contributed by atoms with Crippen LogP contribution in [-0.4, -0.2) is 29.5 Å². The number of hydrogen-bond donors (Lipinski definition) is 1. The van der Waals surface area contributed by atoms with Crippen LogP contribution in [0.1, 0.15) is 20.8 Å². The molecule has 2 unspecified atom stereocenters. The Morgan fingerprint density at radius 3 is 2.00 bits per heavy atom. The van der Waals surface area contributed by atoms with Crippen molar-refractivity contribution in [2.75, 3.05) is 13.2 Å². The standard InChI is InChI=1S/C7H16ClO4P/c1-4-11-13(10,12-5-2)7(9)6(3)8/h6-7,9H,4-5H2,1-3H3. The van der Waals surface area contributed by atoms with Crippen LogP contribution in [0.4, 0.5) is 0 Å². The van der Waals surface area contributed by atoms with E-state index in [1.807, 2.05) is 0 Å². The largest absolute Gasteiger partial charge is 0.379 e. The molecule has 0 saturated heterocycles. The summed E-state index contributed by atoms with van der Waals surface area (Å²) in [6, 6.07) is 0. The molecule has 0 aliphatic carbocycles. The molecule has 0 heterocycles. The molecule has 4 nitrogen and oxygen atoms in total. The molecular formula is C7H16ClO4P. The minimum Gasteiger partial charge on any atom is -0.379 e. The minimum atomic E-state index is -3.44. The molecule has 0 rings (SSSR count). The van der Waals surface area contributed by atoms with Gasteiger partial charge in [-0.25, -0.2) is 0 Å². The summed E-state index contributed by atoms with van der Waals surface area (Å²) in [7, 11) is -3.44. The van der Waals surface area contributed by atoms with Gasteiger partial charge in [0.05, 0.1) is 18.6 Å². The Kier molecular flexibility index (Phi) is 6.18. The molecule has 6 heteroatoms. The third kappa shape index (κ3) is 3.96. The molecule has 2 atom stereocenters. The lowest BCUT2D eigenvalue weighted by Crippen LogP contribution is -2.21. The smallest absolute Gasteiger partial charge is 0.360 e. The van der Waals surface area contributed by atoms with Crippen LogP contribution in [0.2, 0.25) is 0 Å². The summed E-state index contributed by atoms with van der Waals surface area (Å²) in [5.74, 6) is -1.27. The van der Waals surface area contributed by atoms with E-state index in [0.29, 0.717) is 0 Å². The fraction of sp³-hybridized carbons (Fsp3) is 1.00. The van der Waals surface area contributed by atoms with E-state index in [-0.39, 0.29) is 13.2 Å². The van der Waals surface area contributed by atoms with E-state index in [1.165, 1.54) is 6.92 Å². The van der Waals surface area contributed by atoms with Crippen molar-refractivity contribution >= 4 is 19.2 Å². The highest BCUT2D eigenvalue weighted by Crippen LogP contribution is 2.53. The van der Waals surface area contributed by atoms with Gasteiger partial charge in [0.15, 0.2) is 5.85 Å². The topological polar surface area (TPSA) is 55.8 Å². The van der Waals surface area contributed by atoms with Crippen molar-refractivity contribution in [1.82, 2.24) is 0 Å².